The van der Waals surface area contributed by atoms with Gasteiger partial charge in [0.25, 0.3) is 0 Å². The molecule has 0 spiro atoms. The zero-order valence-corrected chi connectivity index (χ0v) is 35.9. The maximum Gasteiger partial charge on any atom is 0.160 e. The smallest absolute Gasteiger partial charge is 0.160 e. The lowest BCUT2D eigenvalue weighted by molar-refractivity contribution is -0.218. The van der Waals surface area contributed by atoms with Crippen LogP contribution in [0.3, 0.4) is 0 Å². The molecule has 3 N–H and O–H groups in total. The zero-order chi connectivity index (χ0) is 41.0. The van der Waals surface area contributed by atoms with Gasteiger partial charge >= 0.3 is 0 Å². The number of ether oxygens (including phenoxy) is 1. The molecule has 1 aromatic carbocycles. The Labute approximate surface area is 338 Å². The van der Waals surface area contributed by atoms with Gasteiger partial charge in [-0.3, -0.25) is 14.4 Å². The van der Waals surface area contributed by atoms with Crippen LogP contribution in [0.15, 0.2) is 35.5 Å². The number of aliphatic hydroxyl groups is 2. The van der Waals surface area contributed by atoms with Gasteiger partial charge in [-0.15, -0.1) is 0 Å². The number of benzene rings is 1. The Hall–Kier alpha value is -3.33. The second kappa shape index (κ2) is 12.4. The van der Waals surface area contributed by atoms with Gasteiger partial charge in [-0.05, 0) is 111 Å². The Bertz CT molecular complexity index is 2150. The molecule has 0 amide bonds. The van der Waals surface area contributed by atoms with Gasteiger partial charge in [-0.2, -0.15) is 0 Å². The minimum Gasteiger partial charge on any atom is -0.392 e. The van der Waals surface area contributed by atoms with Crippen molar-refractivity contribution in [1.29, 1.82) is 0 Å². The summed E-state index contributed by atoms with van der Waals surface area (Å²) in [5, 5.41) is 25.3. The first-order chi connectivity index (χ1) is 26.6. The first kappa shape index (κ1) is 39.1. The summed E-state index contributed by atoms with van der Waals surface area (Å²) in [6.45, 7) is 22.6. The number of aryl methyl sites for hydroxylation is 3. The van der Waals surface area contributed by atoms with E-state index in [1.165, 1.54) is 0 Å². The molecule has 9 rings (SSSR count). The van der Waals surface area contributed by atoms with Crippen LogP contribution in [-0.2, 0) is 25.5 Å². The van der Waals surface area contributed by atoms with Crippen LogP contribution in [0, 0.1) is 58.7 Å². The van der Waals surface area contributed by atoms with Gasteiger partial charge in [0.15, 0.2) is 12.1 Å². The van der Waals surface area contributed by atoms with Crippen molar-refractivity contribution in [2.24, 2.45) is 44.8 Å². The number of nitrogens with zero attached hydrogens (tertiary/aromatic N) is 1. The number of aldehydes is 1. The van der Waals surface area contributed by atoms with Gasteiger partial charge in [0, 0.05) is 65.6 Å². The first-order valence-electron chi connectivity index (χ1n) is 21.7. The fraction of sp³-hybridized carbons (Fsp3) is 0.653. The van der Waals surface area contributed by atoms with Crippen molar-refractivity contribution in [2.75, 3.05) is 18.0 Å². The molecule has 0 radical (unpaired) electrons. The highest BCUT2D eigenvalue weighted by atomic mass is 16.6. The predicted molar refractivity (Wildman–Crippen MR) is 223 cm³/mol. The molecule has 8 nitrogen and oxygen atoms in total. The summed E-state index contributed by atoms with van der Waals surface area (Å²) in [4.78, 5) is 47.8. The zero-order valence-electron chi connectivity index (χ0n) is 35.9. The number of anilines is 1. The lowest BCUT2D eigenvalue weighted by Gasteiger charge is -2.70. The molecule has 2 aromatic rings. The van der Waals surface area contributed by atoms with Crippen LogP contribution in [0.1, 0.15) is 128 Å². The number of hydrogen-bond acceptors (Lipinski definition) is 7. The number of aliphatic hydroxyl groups excluding tert-OH is 2. The monoisotopic (exact) mass is 776 g/mol. The second-order valence-electron chi connectivity index (χ2n) is 21.7. The summed E-state index contributed by atoms with van der Waals surface area (Å²) in [5.74, 6) is 0.0948. The molecule has 57 heavy (non-hydrogen) atoms. The van der Waals surface area contributed by atoms with Crippen molar-refractivity contribution >= 4 is 34.7 Å². The van der Waals surface area contributed by atoms with Gasteiger partial charge < -0.3 is 24.8 Å². The normalized spacial score (nSPS) is 40.2. The van der Waals surface area contributed by atoms with Crippen molar-refractivity contribution < 1.29 is 29.3 Å². The van der Waals surface area contributed by atoms with Crippen molar-refractivity contribution in [3.63, 3.8) is 0 Å². The number of H-pyrrole nitrogens is 1. The molecular weight excluding hydrogens is 713 g/mol. The van der Waals surface area contributed by atoms with Crippen molar-refractivity contribution in [3.05, 3.63) is 63.5 Å². The van der Waals surface area contributed by atoms with Crippen LogP contribution in [0.25, 0.3) is 11.1 Å². The number of aromatic amines is 1. The van der Waals surface area contributed by atoms with Gasteiger partial charge in [0.2, 0.25) is 0 Å². The number of carbonyl (C=O) groups is 3. The van der Waals surface area contributed by atoms with E-state index in [1.807, 2.05) is 13.8 Å². The van der Waals surface area contributed by atoms with E-state index in [4.69, 9.17) is 4.74 Å². The van der Waals surface area contributed by atoms with E-state index in [0.717, 1.165) is 75.9 Å². The molecule has 7 aliphatic rings. The lowest BCUT2D eigenvalue weighted by Crippen LogP contribution is -2.68. The van der Waals surface area contributed by atoms with E-state index in [9.17, 15) is 19.8 Å². The predicted octanol–water partition coefficient (Wildman–Crippen LogP) is 8.14. The number of nitrogens with one attached hydrogen (secondary N) is 1. The molecule has 1 saturated heterocycles. The van der Waals surface area contributed by atoms with Crippen LogP contribution in [0.5, 0.6) is 0 Å². The Kier molecular flexibility index (Phi) is 8.49. The van der Waals surface area contributed by atoms with Crippen LogP contribution < -0.4 is 4.90 Å². The summed E-state index contributed by atoms with van der Waals surface area (Å²) in [5.41, 5.74) is 7.01. The molecule has 306 valence electrons. The average molecular weight is 777 g/mol. The molecule has 0 bridgehead atoms. The van der Waals surface area contributed by atoms with E-state index in [-0.39, 0.29) is 35.1 Å². The number of hydrogen-bond donors (Lipinski definition) is 3. The summed E-state index contributed by atoms with van der Waals surface area (Å²) < 4.78 is 5.99. The van der Waals surface area contributed by atoms with Crippen LogP contribution >= 0.6 is 0 Å². The van der Waals surface area contributed by atoms with Crippen molar-refractivity contribution in [2.45, 2.75) is 145 Å². The van der Waals surface area contributed by atoms with Crippen LogP contribution in [-0.4, -0.2) is 70.1 Å². The highest BCUT2D eigenvalue weighted by Crippen LogP contribution is 2.75. The first-order valence-corrected chi connectivity index (χ1v) is 21.7. The number of rotatable bonds is 5. The molecule has 3 aliphatic heterocycles. The van der Waals surface area contributed by atoms with Crippen molar-refractivity contribution in [3.8, 4) is 0 Å². The molecule has 1 aromatic heterocycles. The summed E-state index contributed by atoms with van der Waals surface area (Å²) in [7, 11) is 0. The minimum absolute atomic E-state index is 0.128. The topological polar surface area (TPSA) is 123 Å². The Morgan fingerprint density at radius 1 is 1.00 bits per heavy atom. The number of epoxide rings is 1. The SMILES string of the molecule is Cc1cc(C)cc(C(C=O)=C2CN3CC4C5=C(C(=O)CC5(C)C5(C)CCC6C(C)(C)C(=O)CCC6(C)C5C4O)C(C)(CC(O)C4OC4(C)C)CCc4c[nH]c2c43)c1. The highest BCUT2D eigenvalue weighted by Gasteiger charge is 2.72. The fourth-order valence-electron chi connectivity index (χ4n) is 14.8. The second-order valence-corrected chi connectivity index (χ2v) is 21.7. The summed E-state index contributed by atoms with van der Waals surface area (Å²) in [6, 6.07) is 6.29. The van der Waals surface area contributed by atoms with E-state index in [2.05, 4.69) is 89.7 Å². The minimum atomic E-state index is -0.765. The van der Waals surface area contributed by atoms with E-state index < -0.39 is 39.5 Å². The quantitative estimate of drug-likeness (QED) is 0.159. The summed E-state index contributed by atoms with van der Waals surface area (Å²) in [6.07, 6.45) is 6.34. The number of Topliss-reactive ketones (excluding diaryl/α,β-unsaturated/α-hetero) is 2. The number of carbonyl (C=O) groups excluding carboxylic acids is 3. The maximum absolute atomic E-state index is 15.1. The molecule has 4 heterocycles. The molecule has 8 heteroatoms. The third kappa shape index (κ3) is 5.30. The molecule has 10 unspecified atom stereocenters. The maximum atomic E-state index is 15.1. The van der Waals surface area contributed by atoms with Gasteiger partial charge in [0.1, 0.15) is 11.9 Å². The Morgan fingerprint density at radius 3 is 2.33 bits per heavy atom. The lowest BCUT2D eigenvalue weighted by atomic mass is 9.34. The van der Waals surface area contributed by atoms with Gasteiger partial charge in [-0.1, -0.05) is 70.9 Å². The standard InChI is InChI=1S/C49H64N2O6/c1-26-17-27(2)19-29(18-26)32(25-52)30-23-51-24-31-37-38(46(7,20-34(54)43-45(5,6)57-43)14-11-28-22-50-39(30)40(28)51)33(53)21-49(37,10)48(9)16-12-35-44(3,4)36(55)13-15-47(35,8)42(48)41(31)56/h17-19,22,25,31,34-35,41-43,50,54,56H,11-16,20-21,23-24H2,1-10H3. The average Bonchev–Trinajstić information content (AvgIpc) is 3.37. The number of fused-ring (bicyclic) bond motifs is 4. The van der Waals surface area contributed by atoms with Crippen molar-refractivity contribution in [1.82, 2.24) is 4.98 Å². The number of ketones is 2. The van der Waals surface area contributed by atoms with Gasteiger partial charge in [-0.25, -0.2) is 0 Å². The number of allylic oxidation sites excluding steroid dienone is 2. The van der Waals surface area contributed by atoms with E-state index in [0.29, 0.717) is 56.5 Å². The Morgan fingerprint density at radius 2 is 1.68 bits per heavy atom. The summed E-state index contributed by atoms with van der Waals surface area (Å²) >= 11 is 0. The van der Waals surface area contributed by atoms with Gasteiger partial charge in [0.05, 0.1) is 29.2 Å². The van der Waals surface area contributed by atoms with E-state index >= 15 is 4.79 Å². The van der Waals surface area contributed by atoms with Crippen LogP contribution in [0.4, 0.5) is 5.69 Å². The molecule has 3 saturated carbocycles. The van der Waals surface area contributed by atoms with E-state index in [1.54, 1.807) is 0 Å². The molecule has 4 aliphatic carbocycles. The third-order valence-electron chi connectivity index (χ3n) is 17.6. The largest absolute Gasteiger partial charge is 0.392 e. The molecule has 4 fully saturated rings. The third-order valence-corrected chi connectivity index (χ3v) is 17.6. The van der Waals surface area contributed by atoms with Crippen LogP contribution in [0.2, 0.25) is 0 Å². The number of aromatic nitrogens is 1. The Balaban J connectivity index is 1.25. The molecular formula is C49H64N2O6. The fourth-order valence-corrected chi connectivity index (χ4v) is 14.8. The highest BCUT2D eigenvalue weighted by molar-refractivity contribution is 6.19. The molecule has 10 atom stereocenters.